The van der Waals surface area contributed by atoms with Crippen LogP contribution in [0, 0.1) is 0 Å². The maximum atomic E-state index is 5.34. The van der Waals surface area contributed by atoms with Crippen LogP contribution in [0.25, 0.3) is 89.1 Å². The number of nitrogens with zero attached hydrogens (tertiary/aromatic N) is 3. The van der Waals surface area contributed by atoms with Crippen molar-refractivity contribution < 1.29 is 0 Å². The molecule has 0 aliphatic heterocycles. The number of hydrogen-bond donors (Lipinski definition) is 0. The average Bonchev–Trinajstić information content (AvgIpc) is 3.21. The first-order chi connectivity index (χ1) is 24.8. The second-order valence-corrected chi connectivity index (χ2v) is 12.4. The van der Waals surface area contributed by atoms with Crippen LogP contribution < -0.4 is 0 Å². The number of pyridine rings is 1. The minimum Gasteiger partial charge on any atom is -0.247 e. The molecule has 0 aliphatic rings. The van der Waals surface area contributed by atoms with Gasteiger partial charge in [-0.15, -0.1) is 0 Å². The fourth-order valence-corrected chi connectivity index (χ4v) is 6.84. The lowest BCUT2D eigenvalue weighted by Crippen LogP contribution is -1.96. The summed E-state index contributed by atoms with van der Waals surface area (Å²) in [5.41, 5.74) is 12.5. The molecule has 0 N–H and O–H groups in total. The van der Waals surface area contributed by atoms with E-state index in [9.17, 15) is 0 Å². The molecule has 0 atom stereocenters. The van der Waals surface area contributed by atoms with Crippen LogP contribution in [0.2, 0.25) is 0 Å². The van der Waals surface area contributed by atoms with E-state index in [4.69, 9.17) is 15.0 Å². The summed E-state index contributed by atoms with van der Waals surface area (Å²) < 4.78 is 0. The zero-order valence-electron chi connectivity index (χ0n) is 27.2. The van der Waals surface area contributed by atoms with Crippen LogP contribution in [0.3, 0.4) is 0 Å². The second-order valence-electron chi connectivity index (χ2n) is 12.4. The molecule has 0 amide bonds. The summed E-state index contributed by atoms with van der Waals surface area (Å²) in [6, 6.07) is 65.6. The molecule has 2 aromatic heterocycles. The maximum Gasteiger partial charge on any atom is 0.160 e. The molecule has 0 radical (unpaired) electrons. The van der Waals surface area contributed by atoms with Crippen LogP contribution >= 0.6 is 0 Å². The molecule has 50 heavy (non-hydrogen) atoms. The summed E-state index contributed by atoms with van der Waals surface area (Å²) in [6.45, 7) is 0. The first kappa shape index (κ1) is 29.4. The van der Waals surface area contributed by atoms with Crippen molar-refractivity contribution in [3.8, 4) is 67.4 Å². The topological polar surface area (TPSA) is 38.7 Å². The molecule has 0 fully saturated rings. The predicted molar refractivity (Wildman–Crippen MR) is 207 cm³/mol. The van der Waals surface area contributed by atoms with Gasteiger partial charge in [0.15, 0.2) is 5.82 Å². The van der Waals surface area contributed by atoms with Crippen LogP contribution in [-0.2, 0) is 0 Å². The summed E-state index contributed by atoms with van der Waals surface area (Å²) in [7, 11) is 0. The van der Waals surface area contributed by atoms with Gasteiger partial charge in [-0.3, -0.25) is 0 Å². The Kier molecular flexibility index (Phi) is 7.49. The lowest BCUT2D eigenvalue weighted by Gasteiger charge is -2.15. The molecule has 3 nitrogen and oxygen atoms in total. The maximum absolute atomic E-state index is 5.34. The fraction of sp³-hybridized carbons (Fsp3) is 0. The Labute approximate surface area is 291 Å². The first-order valence-electron chi connectivity index (χ1n) is 16.9. The van der Waals surface area contributed by atoms with Crippen molar-refractivity contribution in [1.29, 1.82) is 0 Å². The van der Waals surface area contributed by atoms with Gasteiger partial charge in [-0.25, -0.2) is 15.0 Å². The zero-order valence-corrected chi connectivity index (χ0v) is 27.2. The summed E-state index contributed by atoms with van der Waals surface area (Å²) in [5.74, 6) is 0.705. The molecule has 0 bridgehead atoms. The van der Waals surface area contributed by atoms with Crippen molar-refractivity contribution in [3.63, 3.8) is 0 Å². The van der Waals surface area contributed by atoms with E-state index in [0.717, 1.165) is 66.8 Å². The van der Waals surface area contributed by atoms with Crippen molar-refractivity contribution in [2.75, 3.05) is 0 Å². The molecule has 3 heteroatoms. The monoisotopic (exact) mass is 637 g/mol. The number of hydrogen-bond acceptors (Lipinski definition) is 3. The Bertz CT molecular complexity index is 2560. The Morgan fingerprint density at radius 3 is 1.54 bits per heavy atom. The number of aromatic nitrogens is 3. The summed E-state index contributed by atoms with van der Waals surface area (Å²) in [5, 5.41) is 3.49. The SMILES string of the molecule is c1ccc(-c2cc(-c3cccc(-c4ccc5c(c4)nc(-c4ccccc4)c4cccc(-c6ccccc6)c45)c3)nc(-c3ccccc3)n2)cc1. The van der Waals surface area contributed by atoms with Crippen molar-refractivity contribution >= 4 is 21.7 Å². The van der Waals surface area contributed by atoms with Gasteiger partial charge in [0.1, 0.15) is 0 Å². The minimum atomic E-state index is 0.705. The average molecular weight is 638 g/mol. The van der Waals surface area contributed by atoms with Crippen molar-refractivity contribution in [1.82, 2.24) is 15.0 Å². The van der Waals surface area contributed by atoms with Crippen LogP contribution in [0.15, 0.2) is 188 Å². The summed E-state index contributed by atoms with van der Waals surface area (Å²) in [6.07, 6.45) is 0. The normalized spacial score (nSPS) is 11.2. The first-order valence-corrected chi connectivity index (χ1v) is 16.9. The highest BCUT2D eigenvalue weighted by atomic mass is 14.9. The predicted octanol–water partition coefficient (Wildman–Crippen LogP) is 12.2. The van der Waals surface area contributed by atoms with E-state index in [1.165, 1.54) is 16.5 Å². The lowest BCUT2D eigenvalue weighted by atomic mass is 9.92. The summed E-state index contributed by atoms with van der Waals surface area (Å²) >= 11 is 0. The van der Waals surface area contributed by atoms with Gasteiger partial charge in [0.2, 0.25) is 0 Å². The molecule has 9 aromatic rings. The molecule has 234 valence electrons. The molecular formula is C47H31N3. The van der Waals surface area contributed by atoms with E-state index in [2.05, 4.69) is 152 Å². The quantitative estimate of drug-likeness (QED) is 0.170. The van der Waals surface area contributed by atoms with Crippen molar-refractivity contribution in [3.05, 3.63) is 188 Å². The molecule has 0 saturated carbocycles. The third kappa shape index (κ3) is 5.51. The van der Waals surface area contributed by atoms with Gasteiger partial charge in [-0.1, -0.05) is 170 Å². The van der Waals surface area contributed by atoms with Crippen molar-refractivity contribution in [2.45, 2.75) is 0 Å². The van der Waals surface area contributed by atoms with Crippen LogP contribution in [0.5, 0.6) is 0 Å². The van der Waals surface area contributed by atoms with E-state index in [1.54, 1.807) is 0 Å². The van der Waals surface area contributed by atoms with Gasteiger partial charge < -0.3 is 0 Å². The van der Waals surface area contributed by atoms with E-state index in [1.807, 2.05) is 36.4 Å². The molecule has 9 rings (SSSR count). The summed E-state index contributed by atoms with van der Waals surface area (Å²) in [4.78, 5) is 15.4. The fourth-order valence-electron chi connectivity index (χ4n) is 6.84. The number of fused-ring (bicyclic) bond motifs is 3. The highest BCUT2D eigenvalue weighted by Crippen LogP contribution is 2.40. The Morgan fingerprint density at radius 1 is 0.300 bits per heavy atom. The van der Waals surface area contributed by atoms with Gasteiger partial charge in [0.25, 0.3) is 0 Å². The van der Waals surface area contributed by atoms with Crippen molar-refractivity contribution in [2.24, 2.45) is 0 Å². The van der Waals surface area contributed by atoms with Gasteiger partial charge in [-0.05, 0) is 40.5 Å². The third-order valence-electron chi connectivity index (χ3n) is 9.27. The highest BCUT2D eigenvalue weighted by molar-refractivity contribution is 6.17. The molecule has 0 spiro atoms. The third-order valence-corrected chi connectivity index (χ3v) is 9.27. The van der Waals surface area contributed by atoms with E-state index in [-0.39, 0.29) is 0 Å². The largest absolute Gasteiger partial charge is 0.247 e. The standard InChI is InChI=1S/C47H31N3/c1-5-15-32(16-6-1)39-25-14-26-41-45(39)40-28-27-37(30-44(40)48-46(41)34-19-9-3-10-20-34)36-23-13-24-38(29-36)43-31-42(33-17-7-2-8-18-33)49-47(50-43)35-21-11-4-12-22-35/h1-31H. The lowest BCUT2D eigenvalue weighted by molar-refractivity contribution is 1.18. The van der Waals surface area contributed by atoms with Gasteiger partial charge >= 0.3 is 0 Å². The van der Waals surface area contributed by atoms with Crippen LogP contribution in [0.1, 0.15) is 0 Å². The van der Waals surface area contributed by atoms with Gasteiger partial charge in [0.05, 0.1) is 22.6 Å². The zero-order chi connectivity index (χ0) is 33.3. The van der Waals surface area contributed by atoms with Gasteiger partial charge in [-0.2, -0.15) is 0 Å². The highest BCUT2D eigenvalue weighted by Gasteiger charge is 2.16. The molecule has 0 unspecified atom stereocenters. The minimum absolute atomic E-state index is 0.705. The van der Waals surface area contributed by atoms with E-state index in [0.29, 0.717) is 5.82 Å². The molecule has 0 aliphatic carbocycles. The second kappa shape index (κ2) is 12.7. The van der Waals surface area contributed by atoms with Crippen LogP contribution in [0.4, 0.5) is 0 Å². The smallest absolute Gasteiger partial charge is 0.160 e. The molecule has 7 aromatic carbocycles. The van der Waals surface area contributed by atoms with E-state index < -0.39 is 0 Å². The number of rotatable bonds is 6. The molecular weight excluding hydrogens is 607 g/mol. The van der Waals surface area contributed by atoms with E-state index >= 15 is 0 Å². The number of benzene rings is 7. The molecule has 0 saturated heterocycles. The molecule has 2 heterocycles. The van der Waals surface area contributed by atoms with Crippen LogP contribution in [-0.4, -0.2) is 15.0 Å². The Hall–Kier alpha value is -6.71. The van der Waals surface area contributed by atoms with Gasteiger partial charge in [0, 0.05) is 38.4 Å². The Balaban J connectivity index is 1.21. The Morgan fingerprint density at radius 2 is 0.840 bits per heavy atom.